The van der Waals surface area contributed by atoms with Gasteiger partial charge in [0.15, 0.2) is 5.82 Å². The van der Waals surface area contributed by atoms with Crippen LogP contribution in [0, 0.1) is 11.3 Å². The van der Waals surface area contributed by atoms with Crippen molar-refractivity contribution in [3.8, 4) is 17.5 Å². The summed E-state index contributed by atoms with van der Waals surface area (Å²) < 4.78 is 1.01. The van der Waals surface area contributed by atoms with Crippen molar-refractivity contribution in [2.45, 2.75) is 6.42 Å². The molecular weight excluding hydrogens is 256 g/mol. The van der Waals surface area contributed by atoms with Crippen LogP contribution in [0.15, 0.2) is 28.7 Å². The van der Waals surface area contributed by atoms with Crippen LogP contribution in [-0.2, 0) is 6.42 Å². The van der Waals surface area contributed by atoms with Gasteiger partial charge in [-0.3, -0.25) is 5.10 Å². The van der Waals surface area contributed by atoms with Gasteiger partial charge in [-0.25, -0.2) is 4.98 Å². The highest BCUT2D eigenvalue weighted by Crippen LogP contribution is 2.18. The van der Waals surface area contributed by atoms with Crippen LogP contribution in [0.25, 0.3) is 11.4 Å². The Labute approximate surface area is 95.1 Å². The van der Waals surface area contributed by atoms with E-state index in [-0.39, 0.29) is 6.42 Å². The summed E-state index contributed by atoms with van der Waals surface area (Å²) in [6, 6.07) is 9.71. The highest BCUT2D eigenvalue weighted by atomic mass is 79.9. The number of benzene rings is 1. The maximum Gasteiger partial charge on any atom is 0.181 e. The third-order valence-electron chi connectivity index (χ3n) is 1.88. The smallest absolute Gasteiger partial charge is 0.181 e. The molecule has 0 aliphatic heterocycles. The van der Waals surface area contributed by atoms with Crippen LogP contribution in [-0.4, -0.2) is 15.2 Å². The summed E-state index contributed by atoms with van der Waals surface area (Å²) in [5.41, 5.74) is 0.929. The van der Waals surface area contributed by atoms with E-state index in [1.807, 2.05) is 30.3 Å². The van der Waals surface area contributed by atoms with Gasteiger partial charge in [0, 0.05) is 10.0 Å². The predicted octanol–water partition coefficient (Wildman–Crippen LogP) is 2.30. The Kier molecular flexibility index (Phi) is 2.79. The van der Waals surface area contributed by atoms with Crippen molar-refractivity contribution < 1.29 is 0 Å². The summed E-state index contributed by atoms with van der Waals surface area (Å²) in [5, 5.41) is 15.2. The van der Waals surface area contributed by atoms with Crippen molar-refractivity contribution in [3.05, 3.63) is 34.6 Å². The minimum atomic E-state index is 0.254. The summed E-state index contributed by atoms with van der Waals surface area (Å²) in [6.07, 6.45) is 0.254. The fraction of sp³-hybridized carbons (Fsp3) is 0.100. The number of rotatable bonds is 2. The Balaban J connectivity index is 2.30. The molecule has 1 aromatic carbocycles. The standard InChI is InChI=1S/C10H7BrN4/c11-8-3-1-7(2-4-8)10-13-9(5-6-12)14-15-10/h1-4H,5H2,(H,13,14,15). The van der Waals surface area contributed by atoms with Gasteiger partial charge in [0.1, 0.15) is 5.82 Å². The SMILES string of the molecule is N#CCc1nc(-c2ccc(Br)cc2)n[nH]1. The average molecular weight is 263 g/mol. The Hall–Kier alpha value is -1.67. The van der Waals surface area contributed by atoms with Crippen molar-refractivity contribution in [1.29, 1.82) is 5.26 Å². The van der Waals surface area contributed by atoms with Crippen molar-refractivity contribution in [2.24, 2.45) is 0 Å². The molecule has 0 saturated carbocycles. The second kappa shape index (κ2) is 4.24. The summed E-state index contributed by atoms with van der Waals surface area (Å²) >= 11 is 3.36. The van der Waals surface area contributed by atoms with Gasteiger partial charge in [0.25, 0.3) is 0 Å². The van der Waals surface area contributed by atoms with E-state index in [1.165, 1.54) is 0 Å². The first-order valence-corrected chi connectivity index (χ1v) is 5.13. The van der Waals surface area contributed by atoms with Crippen LogP contribution in [0.5, 0.6) is 0 Å². The van der Waals surface area contributed by atoms with E-state index in [9.17, 15) is 0 Å². The normalized spacial score (nSPS) is 9.87. The fourth-order valence-electron chi connectivity index (χ4n) is 1.18. The molecule has 0 radical (unpaired) electrons. The molecule has 0 spiro atoms. The van der Waals surface area contributed by atoms with E-state index in [2.05, 4.69) is 31.1 Å². The molecule has 5 heteroatoms. The predicted molar refractivity (Wildman–Crippen MR) is 58.8 cm³/mol. The van der Waals surface area contributed by atoms with Crippen LogP contribution in [0.2, 0.25) is 0 Å². The van der Waals surface area contributed by atoms with E-state index >= 15 is 0 Å². The second-order valence-corrected chi connectivity index (χ2v) is 3.86. The molecule has 0 atom stereocenters. The highest BCUT2D eigenvalue weighted by molar-refractivity contribution is 9.10. The van der Waals surface area contributed by atoms with Gasteiger partial charge < -0.3 is 0 Å². The first-order valence-electron chi connectivity index (χ1n) is 4.34. The number of hydrogen-bond acceptors (Lipinski definition) is 3. The lowest BCUT2D eigenvalue weighted by molar-refractivity contribution is 0.996. The Bertz CT molecular complexity index is 495. The molecule has 2 aromatic rings. The lowest BCUT2D eigenvalue weighted by atomic mass is 10.2. The number of aromatic amines is 1. The quantitative estimate of drug-likeness (QED) is 0.904. The summed E-state index contributed by atoms with van der Waals surface area (Å²) in [6.45, 7) is 0. The van der Waals surface area contributed by atoms with Gasteiger partial charge in [-0.05, 0) is 12.1 Å². The molecule has 1 aromatic heterocycles. The number of nitrogens with one attached hydrogen (secondary N) is 1. The van der Waals surface area contributed by atoms with Crippen molar-refractivity contribution in [3.63, 3.8) is 0 Å². The minimum absolute atomic E-state index is 0.254. The Morgan fingerprint density at radius 3 is 2.73 bits per heavy atom. The zero-order valence-corrected chi connectivity index (χ0v) is 9.32. The summed E-state index contributed by atoms with van der Waals surface area (Å²) in [4.78, 5) is 4.20. The molecule has 1 heterocycles. The van der Waals surface area contributed by atoms with Crippen LogP contribution < -0.4 is 0 Å². The molecule has 15 heavy (non-hydrogen) atoms. The number of halogens is 1. The molecule has 0 aliphatic carbocycles. The monoisotopic (exact) mass is 262 g/mol. The molecule has 2 rings (SSSR count). The van der Waals surface area contributed by atoms with E-state index in [1.54, 1.807) is 0 Å². The molecule has 0 fully saturated rings. The van der Waals surface area contributed by atoms with Crippen molar-refractivity contribution >= 4 is 15.9 Å². The lowest BCUT2D eigenvalue weighted by Crippen LogP contribution is -1.83. The van der Waals surface area contributed by atoms with Crippen LogP contribution in [0.3, 0.4) is 0 Å². The summed E-state index contributed by atoms with van der Waals surface area (Å²) in [7, 11) is 0. The third kappa shape index (κ3) is 2.22. The largest absolute Gasteiger partial charge is 0.262 e. The van der Waals surface area contributed by atoms with E-state index < -0.39 is 0 Å². The lowest BCUT2D eigenvalue weighted by Gasteiger charge is -1.93. The zero-order valence-electron chi connectivity index (χ0n) is 7.74. The van der Waals surface area contributed by atoms with Gasteiger partial charge in [-0.2, -0.15) is 10.4 Å². The molecule has 0 unspecified atom stereocenters. The minimum Gasteiger partial charge on any atom is -0.262 e. The first-order chi connectivity index (χ1) is 7.29. The molecule has 0 saturated heterocycles. The van der Waals surface area contributed by atoms with Crippen molar-refractivity contribution in [1.82, 2.24) is 15.2 Å². The van der Waals surface area contributed by atoms with E-state index in [0.29, 0.717) is 11.6 Å². The van der Waals surface area contributed by atoms with Gasteiger partial charge in [0.2, 0.25) is 0 Å². The summed E-state index contributed by atoms with van der Waals surface area (Å²) in [5.74, 6) is 1.21. The number of hydrogen-bond donors (Lipinski definition) is 1. The van der Waals surface area contributed by atoms with Gasteiger partial charge in [0.05, 0.1) is 12.5 Å². The molecule has 4 nitrogen and oxygen atoms in total. The number of nitriles is 1. The molecule has 0 aliphatic rings. The maximum absolute atomic E-state index is 8.49. The number of H-pyrrole nitrogens is 1. The van der Waals surface area contributed by atoms with Crippen molar-refractivity contribution in [2.75, 3.05) is 0 Å². The van der Waals surface area contributed by atoms with Gasteiger partial charge >= 0.3 is 0 Å². The molecule has 74 valence electrons. The Morgan fingerprint density at radius 2 is 2.07 bits per heavy atom. The van der Waals surface area contributed by atoms with E-state index in [4.69, 9.17) is 5.26 Å². The number of aromatic nitrogens is 3. The molecule has 0 amide bonds. The van der Waals surface area contributed by atoms with Gasteiger partial charge in [-0.15, -0.1) is 0 Å². The highest BCUT2D eigenvalue weighted by Gasteiger charge is 2.04. The third-order valence-corrected chi connectivity index (χ3v) is 2.41. The topological polar surface area (TPSA) is 65.4 Å². The van der Waals surface area contributed by atoms with E-state index in [0.717, 1.165) is 10.0 Å². The molecule has 0 bridgehead atoms. The zero-order chi connectivity index (χ0) is 10.7. The molecule has 1 N–H and O–H groups in total. The average Bonchev–Trinajstić information content (AvgIpc) is 2.68. The Morgan fingerprint density at radius 1 is 1.33 bits per heavy atom. The van der Waals surface area contributed by atoms with Crippen LogP contribution in [0.4, 0.5) is 0 Å². The van der Waals surface area contributed by atoms with Crippen LogP contribution >= 0.6 is 15.9 Å². The fourth-order valence-corrected chi connectivity index (χ4v) is 1.44. The second-order valence-electron chi connectivity index (χ2n) is 2.95. The van der Waals surface area contributed by atoms with Crippen LogP contribution in [0.1, 0.15) is 5.82 Å². The van der Waals surface area contributed by atoms with Gasteiger partial charge in [-0.1, -0.05) is 28.1 Å². The number of nitrogens with zero attached hydrogens (tertiary/aromatic N) is 3. The first kappa shape index (κ1) is 9.87. The maximum atomic E-state index is 8.49. The molecular formula is C10H7BrN4.